The Kier molecular flexibility index (Phi) is 2.49. The number of carbonyl (C=O) groups excluding carboxylic acids is 1. The van der Waals surface area contributed by atoms with Gasteiger partial charge in [0.1, 0.15) is 5.78 Å². The molecule has 0 amide bonds. The Hall–Kier alpha value is -2.35. The van der Waals surface area contributed by atoms with Crippen LogP contribution in [0.2, 0.25) is 0 Å². The van der Waals surface area contributed by atoms with Gasteiger partial charge in [-0.15, -0.1) is 0 Å². The summed E-state index contributed by atoms with van der Waals surface area (Å²) in [6, 6.07) is 12.8. The van der Waals surface area contributed by atoms with Gasteiger partial charge in [-0.25, -0.2) is 0 Å². The van der Waals surface area contributed by atoms with E-state index >= 15 is 0 Å². The minimum Gasteiger partial charge on any atom is -0.471 e. The molecule has 0 unspecified atom stereocenters. The van der Waals surface area contributed by atoms with Crippen molar-refractivity contribution in [3.63, 3.8) is 0 Å². The first-order chi connectivity index (χ1) is 9.79. The van der Waals surface area contributed by atoms with Crippen LogP contribution in [0.5, 0.6) is 0 Å². The van der Waals surface area contributed by atoms with Crippen molar-refractivity contribution in [1.29, 1.82) is 0 Å². The third-order valence-corrected chi connectivity index (χ3v) is 4.08. The van der Waals surface area contributed by atoms with Gasteiger partial charge in [-0.3, -0.25) is 4.79 Å². The second-order valence-electron chi connectivity index (χ2n) is 5.41. The van der Waals surface area contributed by atoms with Crippen LogP contribution >= 0.6 is 0 Å². The lowest BCUT2D eigenvalue weighted by Crippen LogP contribution is -2.12. The molecule has 1 heterocycles. The van der Waals surface area contributed by atoms with Crippen LogP contribution in [0.4, 0.5) is 0 Å². The number of hydrogen-bond acceptors (Lipinski definition) is 2. The van der Waals surface area contributed by atoms with Gasteiger partial charge < -0.3 is 4.42 Å². The van der Waals surface area contributed by atoms with Crippen LogP contribution in [0.1, 0.15) is 17.5 Å². The molecule has 4 rings (SSSR count). The van der Waals surface area contributed by atoms with Gasteiger partial charge in [0.15, 0.2) is 0 Å². The van der Waals surface area contributed by atoms with Crippen molar-refractivity contribution in [2.75, 3.05) is 0 Å². The van der Waals surface area contributed by atoms with E-state index in [1.807, 2.05) is 0 Å². The minimum atomic E-state index is 0.352. The lowest BCUT2D eigenvalue weighted by molar-refractivity contribution is -0.118. The molecule has 0 N–H and O–H groups in total. The third kappa shape index (κ3) is 1.85. The molecule has 0 fully saturated rings. The Morgan fingerprint density at radius 3 is 2.55 bits per heavy atom. The molecule has 98 valence electrons. The maximum Gasteiger partial charge on any atom is 0.137 e. The molecule has 0 aliphatic heterocycles. The molecule has 1 aliphatic carbocycles. The Labute approximate surface area is 117 Å². The predicted octanol–water partition coefficient (Wildman–Crippen LogP) is 4.16. The number of ketones is 1. The SMILES string of the molecule is O=C1CCc2cc(-c3ccc4cocc4c3)ccc2C1. The molecule has 2 aromatic carbocycles. The zero-order valence-corrected chi connectivity index (χ0v) is 11.1. The number of aryl methyl sites for hydroxylation is 1. The number of benzene rings is 2. The van der Waals surface area contributed by atoms with Gasteiger partial charge in [-0.2, -0.15) is 0 Å². The normalized spacial score (nSPS) is 14.5. The number of rotatable bonds is 1. The summed E-state index contributed by atoms with van der Waals surface area (Å²) in [7, 11) is 0. The van der Waals surface area contributed by atoms with Gasteiger partial charge >= 0.3 is 0 Å². The van der Waals surface area contributed by atoms with E-state index in [0.717, 1.165) is 17.2 Å². The van der Waals surface area contributed by atoms with Crippen LogP contribution in [0.3, 0.4) is 0 Å². The lowest BCUT2D eigenvalue weighted by Gasteiger charge is -2.16. The summed E-state index contributed by atoms with van der Waals surface area (Å²) >= 11 is 0. The highest BCUT2D eigenvalue weighted by molar-refractivity contribution is 5.87. The average molecular weight is 262 g/mol. The van der Waals surface area contributed by atoms with E-state index in [0.29, 0.717) is 18.6 Å². The summed E-state index contributed by atoms with van der Waals surface area (Å²) < 4.78 is 5.22. The molecular formula is C18H14O2. The van der Waals surface area contributed by atoms with Crippen LogP contribution in [0.15, 0.2) is 53.3 Å². The van der Waals surface area contributed by atoms with Crippen molar-refractivity contribution in [3.8, 4) is 11.1 Å². The summed E-state index contributed by atoms with van der Waals surface area (Å²) in [5, 5.41) is 2.24. The van der Waals surface area contributed by atoms with Gasteiger partial charge in [0.2, 0.25) is 0 Å². The zero-order chi connectivity index (χ0) is 13.5. The topological polar surface area (TPSA) is 30.2 Å². The van der Waals surface area contributed by atoms with Crippen molar-refractivity contribution in [2.24, 2.45) is 0 Å². The standard InChI is InChI=1S/C18H14O2/c19-18-6-5-14-7-12(1-2-15(14)9-18)13-3-4-16-10-20-11-17(16)8-13/h1-4,7-8,10-11H,5-6,9H2. The van der Waals surface area contributed by atoms with Crippen molar-refractivity contribution in [1.82, 2.24) is 0 Å². The predicted molar refractivity (Wildman–Crippen MR) is 78.7 cm³/mol. The van der Waals surface area contributed by atoms with Gasteiger partial charge in [0, 0.05) is 23.6 Å². The zero-order valence-electron chi connectivity index (χ0n) is 11.1. The molecule has 1 aliphatic rings. The van der Waals surface area contributed by atoms with E-state index in [9.17, 15) is 4.79 Å². The van der Waals surface area contributed by atoms with Crippen molar-refractivity contribution < 1.29 is 9.21 Å². The fourth-order valence-electron chi connectivity index (χ4n) is 2.93. The molecule has 0 radical (unpaired) electrons. The molecule has 0 saturated heterocycles. The van der Waals surface area contributed by atoms with E-state index in [4.69, 9.17) is 4.42 Å². The number of fused-ring (bicyclic) bond motifs is 2. The Bertz CT molecular complexity index is 811. The van der Waals surface area contributed by atoms with E-state index in [1.54, 1.807) is 12.5 Å². The number of Topliss-reactive ketones (excluding diaryl/α,β-unsaturated/α-hetero) is 1. The lowest BCUT2D eigenvalue weighted by atomic mass is 9.88. The highest BCUT2D eigenvalue weighted by Crippen LogP contribution is 2.29. The first-order valence-corrected chi connectivity index (χ1v) is 6.89. The number of carbonyl (C=O) groups is 1. The first kappa shape index (κ1) is 11.5. The van der Waals surface area contributed by atoms with Crippen LogP contribution in [-0.2, 0) is 17.6 Å². The fraction of sp³-hybridized carbons (Fsp3) is 0.167. The first-order valence-electron chi connectivity index (χ1n) is 6.89. The van der Waals surface area contributed by atoms with Gasteiger partial charge in [-0.1, -0.05) is 30.3 Å². The molecule has 2 nitrogen and oxygen atoms in total. The maximum absolute atomic E-state index is 11.5. The third-order valence-electron chi connectivity index (χ3n) is 4.08. The van der Waals surface area contributed by atoms with E-state index in [1.165, 1.54) is 22.3 Å². The van der Waals surface area contributed by atoms with Crippen LogP contribution < -0.4 is 0 Å². The highest BCUT2D eigenvalue weighted by atomic mass is 16.3. The molecular weight excluding hydrogens is 248 g/mol. The second kappa shape index (κ2) is 4.34. The molecule has 1 aromatic heterocycles. The van der Waals surface area contributed by atoms with Crippen molar-refractivity contribution in [2.45, 2.75) is 19.3 Å². The smallest absolute Gasteiger partial charge is 0.137 e. The molecule has 3 aromatic rings. The quantitative estimate of drug-likeness (QED) is 0.659. The summed E-state index contributed by atoms with van der Waals surface area (Å²) in [5.41, 5.74) is 4.91. The molecule has 0 atom stereocenters. The number of hydrogen-bond donors (Lipinski definition) is 0. The molecule has 20 heavy (non-hydrogen) atoms. The van der Waals surface area contributed by atoms with Crippen LogP contribution in [0, 0.1) is 0 Å². The van der Waals surface area contributed by atoms with Crippen LogP contribution in [0.25, 0.3) is 21.9 Å². The summed E-state index contributed by atoms with van der Waals surface area (Å²) in [5.74, 6) is 0.352. The number of furan rings is 1. The second-order valence-corrected chi connectivity index (χ2v) is 5.41. The molecule has 2 heteroatoms. The molecule has 0 spiro atoms. The Morgan fingerprint density at radius 2 is 1.60 bits per heavy atom. The van der Waals surface area contributed by atoms with Crippen molar-refractivity contribution in [3.05, 3.63) is 60.1 Å². The highest BCUT2D eigenvalue weighted by Gasteiger charge is 2.15. The average Bonchev–Trinajstić information content (AvgIpc) is 2.94. The Morgan fingerprint density at radius 1 is 0.800 bits per heavy atom. The molecule has 0 saturated carbocycles. The monoisotopic (exact) mass is 262 g/mol. The molecule has 0 bridgehead atoms. The fourth-order valence-corrected chi connectivity index (χ4v) is 2.93. The van der Waals surface area contributed by atoms with E-state index in [2.05, 4.69) is 36.4 Å². The summed E-state index contributed by atoms with van der Waals surface area (Å²) in [6.07, 6.45) is 5.68. The van der Waals surface area contributed by atoms with Crippen LogP contribution in [-0.4, -0.2) is 5.78 Å². The van der Waals surface area contributed by atoms with Gasteiger partial charge in [0.05, 0.1) is 12.5 Å². The largest absolute Gasteiger partial charge is 0.471 e. The van der Waals surface area contributed by atoms with E-state index in [-0.39, 0.29) is 0 Å². The van der Waals surface area contributed by atoms with Crippen molar-refractivity contribution >= 4 is 16.6 Å². The Balaban J connectivity index is 1.80. The van der Waals surface area contributed by atoms with Gasteiger partial charge in [0.25, 0.3) is 0 Å². The van der Waals surface area contributed by atoms with E-state index < -0.39 is 0 Å². The minimum absolute atomic E-state index is 0.352. The maximum atomic E-state index is 11.5. The summed E-state index contributed by atoms with van der Waals surface area (Å²) in [4.78, 5) is 11.5. The summed E-state index contributed by atoms with van der Waals surface area (Å²) in [6.45, 7) is 0. The van der Waals surface area contributed by atoms with Gasteiger partial charge in [-0.05, 0) is 34.7 Å².